The van der Waals surface area contributed by atoms with Crippen LogP contribution in [0.2, 0.25) is 0 Å². The molecule has 1 fully saturated rings. The fourth-order valence-electron chi connectivity index (χ4n) is 3.27. The summed E-state index contributed by atoms with van der Waals surface area (Å²) in [4.78, 5) is 14.8. The molecule has 0 radical (unpaired) electrons. The van der Waals surface area contributed by atoms with Crippen LogP contribution in [0, 0.1) is 11.6 Å². The van der Waals surface area contributed by atoms with Gasteiger partial charge in [-0.05, 0) is 36.4 Å². The lowest BCUT2D eigenvalue weighted by Crippen LogP contribution is -2.37. The van der Waals surface area contributed by atoms with Crippen LogP contribution >= 0.6 is 11.8 Å². The lowest BCUT2D eigenvalue weighted by atomic mass is 10.1. The van der Waals surface area contributed by atoms with E-state index in [9.17, 15) is 13.6 Å². The van der Waals surface area contributed by atoms with E-state index in [2.05, 4.69) is 10.2 Å². The summed E-state index contributed by atoms with van der Waals surface area (Å²) in [6, 6.07) is 9.89. The second-order valence-corrected chi connectivity index (χ2v) is 7.70. The number of hydrogen-bond donors (Lipinski definition) is 0. The van der Waals surface area contributed by atoms with Gasteiger partial charge in [-0.15, -0.1) is 10.2 Å². The van der Waals surface area contributed by atoms with Crippen molar-refractivity contribution in [2.75, 3.05) is 44.1 Å². The molecule has 31 heavy (non-hydrogen) atoms. The van der Waals surface area contributed by atoms with Gasteiger partial charge in [-0.25, -0.2) is 8.78 Å². The molecule has 0 N–H and O–H groups in total. The van der Waals surface area contributed by atoms with Crippen molar-refractivity contribution >= 4 is 23.5 Å². The molecule has 0 aliphatic carbocycles. The van der Waals surface area contributed by atoms with Crippen molar-refractivity contribution in [3.8, 4) is 11.4 Å². The monoisotopic (exact) mass is 446 g/mol. The normalized spacial score (nSPS) is 14.0. The van der Waals surface area contributed by atoms with Crippen molar-refractivity contribution in [2.45, 2.75) is 5.16 Å². The lowest BCUT2D eigenvalue weighted by molar-refractivity contribution is 0.101. The second kappa shape index (κ2) is 9.44. The van der Waals surface area contributed by atoms with Crippen LogP contribution in [0.4, 0.5) is 14.7 Å². The van der Waals surface area contributed by atoms with Crippen LogP contribution in [0.5, 0.6) is 5.75 Å². The van der Waals surface area contributed by atoms with E-state index < -0.39 is 11.6 Å². The maximum Gasteiger partial charge on any atom is 0.232 e. The van der Waals surface area contributed by atoms with Gasteiger partial charge >= 0.3 is 0 Å². The summed E-state index contributed by atoms with van der Waals surface area (Å²) in [6.07, 6.45) is 0. The SMILES string of the molecule is COc1ccc(F)cc1C(=O)CSc1nnc(N2CCOCC2)n1-c1cccc(F)c1. The van der Waals surface area contributed by atoms with E-state index in [-0.39, 0.29) is 17.1 Å². The first kappa shape index (κ1) is 21.3. The number of ether oxygens (including phenoxy) is 2. The first-order chi connectivity index (χ1) is 15.1. The maximum absolute atomic E-state index is 13.9. The van der Waals surface area contributed by atoms with E-state index in [1.165, 1.54) is 31.4 Å². The summed E-state index contributed by atoms with van der Waals surface area (Å²) in [5, 5.41) is 8.95. The summed E-state index contributed by atoms with van der Waals surface area (Å²) in [5.41, 5.74) is 0.699. The Labute approximate surface area is 182 Å². The minimum atomic E-state index is -0.522. The molecule has 0 amide bonds. The molecule has 4 rings (SSSR count). The minimum absolute atomic E-state index is 0.0175. The molecule has 0 bridgehead atoms. The number of halogens is 2. The zero-order chi connectivity index (χ0) is 21.8. The predicted octanol–water partition coefficient (Wildman–Crippen LogP) is 3.37. The average molecular weight is 446 g/mol. The fraction of sp³-hybridized carbons (Fsp3) is 0.286. The average Bonchev–Trinajstić information content (AvgIpc) is 3.22. The van der Waals surface area contributed by atoms with Crippen molar-refractivity contribution in [3.05, 3.63) is 59.7 Å². The Kier molecular flexibility index (Phi) is 6.47. The third kappa shape index (κ3) is 4.70. The number of carbonyl (C=O) groups is 1. The number of aromatic nitrogens is 3. The molecule has 0 atom stereocenters. The summed E-state index contributed by atoms with van der Waals surface area (Å²) in [6.45, 7) is 2.35. The zero-order valence-electron chi connectivity index (χ0n) is 16.8. The molecule has 2 heterocycles. The number of benzene rings is 2. The lowest BCUT2D eigenvalue weighted by Gasteiger charge is -2.27. The van der Waals surface area contributed by atoms with Gasteiger partial charge < -0.3 is 14.4 Å². The third-order valence-electron chi connectivity index (χ3n) is 4.77. The molecule has 1 aliphatic heterocycles. The predicted molar refractivity (Wildman–Crippen MR) is 112 cm³/mol. The minimum Gasteiger partial charge on any atom is -0.496 e. The van der Waals surface area contributed by atoms with Gasteiger partial charge in [0, 0.05) is 13.1 Å². The topological polar surface area (TPSA) is 69.5 Å². The number of thioether (sulfide) groups is 1. The Balaban J connectivity index is 1.63. The molecule has 0 spiro atoms. The Morgan fingerprint density at radius 2 is 1.90 bits per heavy atom. The highest BCUT2D eigenvalue weighted by Gasteiger charge is 2.23. The van der Waals surface area contributed by atoms with Gasteiger partial charge in [0.05, 0.1) is 37.3 Å². The Hall–Kier alpha value is -2.98. The number of methoxy groups -OCH3 is 1. The molecular weight excluding hydrogens is 426 g/mol. The molecule has 2 aromatic carbocycles. The van der Waals surface area contributed by atoms with Crippen LogP contribution < -0.4 is 9.64 Å². The molecule has 3 aromatic rings. The smallest absolute Gasteiger partial charge is 0.232 e. The molecule has 1 saturated heterocycles. The van der Waals surface area contributed by atoms with Crippen LogP contribution in [-0.2, 0) is 4.74 Å². The van der Waals surface area contributed by atoms with Gasteiger partial charge in [0.25, 0.3) is 0 Å². The van der Waals surface area contributed by atoms with Crippen LogP contribution in [0.25, 0.3) is 5.69 Å². The van der Waals surface area contributed by atoms with Gasteiger partial charge in [-0.3, -0.25) is 9.36 Å². The van der Waals surface area contributed by atoms with E-state index in [0.29, 0.717) is 48.8 Å². The molecule has 162 valence electrons. The van der Waals surface area contributed by atoms with Crippen LogP contribution in [-0.4, -0.2) is 59.7 Å². The number of hydrogen-bond acceptors (Lipinski definition) is 7. The largest absolute Gasteiger partial charge is 0.496 e. The van der Waals surface area contributed by atoms with E-state index in [4.69, 9.17) is 9.47 Å². The van der Waals surface area contributed by atoms with Gasteiger partial charge in [-0.2, -0.15) is 0 Å². The number of morpholine rings is 1. The zero-order valence-corrected chi connectivity index (χ0v) is 17.6. The molecule has 10 heteroatoms. The van der Waals surface area contributed by atoms with E-state index in [1.807, 2.05) is 4.90 Å². The quantitative estimate of drug-likeness (QED) is 0.407. The highest BCUT2D eigenvalue weighted by atomic mass is 32.2. The van der Waals surface area contributed by atoms with Crippen LogP contribution in [0.1, 0.15) is 10.4 Å². The van der Waals surface area contributed by atoms with Gasteiger partial charge in [0.15, 0.2) is 10.9 Å². The van der Waals surface area contributed by atoms with Gasteiger partial charge in [0.2, 0.25) is 5.95 Å². The molecule has 0 saturated carbocycles. The van der Waals surface area contributed by atoms with Gasteiger partial charge in [-0.1, -0.05) is 17.8 Å². The number of ketones is 1. The van der Waals surface area contributed by atoms with Crippen LogP contribution in [0.3, 0.4) is 0 Å². The van der Waals surface area contributed by atoms with E-state index in [0.717, 1.165) is 17.8 Å². The third-order valence-corrected chi connectivity index (χ3v) is 5.70. The highest BCUT2D eigenvalue weighted by molar-refractivity contribution is 7.99. The van der Waals surface area contributed by atoms with Crippen molar-refractivity contribution < 1.29 is 23.0 Å². The number of carbonyl (C=O) groups excluding carboxylic acids is 1. The number of Topliss-reactive ketones (excluding diaryl/α,β-unsaturated/α-hetero) is 1. The maximum atomic E-state index is 13.9. The van der Waals surface area contributed by atoms with E-state index in [1.54, 1.807) is 16.7 Å². The van der Waals surface area contributed by atoms with Gasteiger partial charge in [0.1, 0.15) is 17.4 Å². The highest BCUT2D eigenvalue weighted by Crippen LogP contribution is 2.29. The molecule has 1 aromatic heterocycles. The summed E-state index contributed by atoms with van der Waals surface area (Å²) < 4.78 is 39.9. The Bertz CT molecular complexity index is 1090. The molecule has 1 aliphatic rings. The standard InChI is InChI=1S/C21H20F2N4O3S/c1-29-19-6-5-15(23)12-17(19)18(28)13-31-21-25-24-20(26-7-9-30-10-8-26)27(21)16-4-2-3-14(22)11-16/h2-6,11-12H,7-10,13H2,1H3. The van der Waals surface area contributed by atoms with Crippen molar-refractivity contribution in [1.82, 2.24) is 14.8 Å². The van der Waals surface area contributed by atoms with Crippen molar-refractivity contribution in [1.29, 1.82) is 0 Å². The Morgan fingerprint density at radius 3 is 2.65 bits per heavy atom. The van der Waals surface area contributed by atoms with E-state index >= 15 is 0 Å². The molecule has 0 unspecified atom stereocenters. The van der Waals surface area contributed by atoms with Crippen molar-refractivity contribution in [3.63, 3.8) is 0 Å². The second-order valence-electron chi connectivity index (χ2n) is 6.75. The first-order valence-corrected chi connectivity index (χ1v) is 10.6. The Morgan fingerprint density at radius 1 is 1.13 bits per heavy atom. The number of anilines is 1. The summed E-state index contributed by atoms with van der Waals surface area (Å²) >= 11 is 1.14. The first-order valence-electron chi connectivity index (χ1n) is 9.60. The fourth-order valence-corrected chi connectivity index (χ4v) is 4.10. The number of nitrogens with zero attached hydrogens (tertiary/aromatic N) is 4. The summed E-state index contributed by atoms with van der Waals surface area (Å²) in [5.74, 6) is -0.402. The van der Waals surface area contributed by atoms with Crippen molar-refractivity contribution in [2.24, 2.45) is 0 Å². The summed E-state index contributed by atoms with van der Waals surface area (Å²) in [7, 11) is 1.42. The molecule has 7 nitrogen and oxygen atoms in total. The van der Waals surface area contributed by atoms with Crippen LogP contribution in [0.15, 0.2) is 47.6 Å². The molecular formula is C21H20F2N4O3S. The number of rotatable bonds is 7.